The van der Waals surface area contributed by atoms with Gasteiger partial charge in [0.05, 0.1) is 72.5 Å². The topological polar surface area (TPSA) is 167 Å². The van der Waals surface area contributed by atoms with E-state index < -0.39 is 22.8 Å². The highest BCUT2D eigenvalue weighted by Gasteiger charge is 2.29. The number of aromatic amines is 3. The first-order chi connectivity index (χ1) is 31.5. The van der Waals surface area contributed by atoms with Gasteiger partial charge in [0.1, 0.15) is 0 Å². The van der Waals surface area contributed by atoms with Gasteiger partial charge in [0.25, 0.3) is 0 Å². The second-order valence-electron chi connectivity index (χ2n) is 14.8. The lowest BCUT2D eigenvalue weighted by molar-refractivity contribution is 0.229. The smallest absolute Gasteiger partial charge is 0.354 e. The minimum Gasteiger partial charge on any atom is -0.354 e. The summed E-state index contributed by atoms with van der Waals surface area (Å²) in [6.07, 6.45) is 3.97. The summed E-state index contributed by atoms with van der Waals surface area (Å²) in [4.78, 5) is 16.3. The predicted octanol–water partition coefficient (Wildman–Crippen LogP) is 12.4. The third-order valence-electron chi connectivity index (χ3n) is 10.8. The summed E-state index contributed by atoms with van der Waals surface area (Å²) < 4.78 is 75.4. The van der Waals surface area contributed by atoms with Crippen LogP contribution in [0, 0.1) is 0 Å². The van der Waals surface area contributed by atoms with E-state index in [4.69, 9.17) is 32.1 Å². The molecule has 1 aliphatic rings. The molecule has 7 aromatic rings. The van der Waals surface area contributed by atoms with Crippen molar-refractivity contribution in [2.24, 2.45) is 0 Å². The van der Waals surface area contributed by atoms with Crippen LogP contribution in [-0.2, 0) is 40.8 Å². The van der Waals surface area contributed by atoms with Gasteiger partial charge in [-0.15, -0.1) is 0 Å². The number of nitrogens with zero attached hydrogens (tertiary/aromatic N) is 1. The molecule has 3 aromatic carbocycles. The standard InChI is InChI=1S/C49H53N4O9P3/c1-7-57-63(54,58-8-2)36-19-13-33(14-20-36)47-41-27-25-39(50-41)40-26-28-42(51-40)48(34-15-21-37(22-16-34)64(55,59-9-3)60-10-4)44-30-32-46(53-44)49(45-31-29-43(47)52-45)35-17-23-38(24-18-35)65(56,61-11-5)62-12-6/h13-32,50,52-53H,7-12H2,1-6H3. The summed E-state index contributed by atoms with van der Waals surface area (Å²) in [7, 11) is -10.6. The van der Waals surface area contributed by atoms with E-state index in [1.807, 2.05) is 84.9 Å². The van der Waals surface area contributed by atoms with Crippen molar-refractivity contribution in [2.45, 2.75) is 41.5 Å². The molecule has 0 fully saturated rings. The summed E-state index contributed by atoms with van der Waals surface area (Å²) in [5, 5.41) is 1.39. The lowest BCUT2D eigenvalue weighted by atomic mass is 10.0. The Labute approximate surface area is 378 Å². The SMILES string of the molecule is CCOP(=O)(OCC)c1ccc(-c2c3nc(c4ccc([nH]4)c(-c4ccc(P(=O)(OCC)OCC)cc4)c4ccc([nH]4)c(-c4ccc(P(=O)(OCC)OCC)cc4)c4ccc2[nH]4)C=C3)cc1. The first kappa shape index (κ1) is 46.4. The molecule has 0 spiro atoms. The number of hydrogen-bond donors (Lipinski definition) is 3. The van der Waals surface area contributed by atoms with Crippen molar-refractivity contribution in [1.82, 2.24) is 19.9 Å². The Hall–Kier alpha value is -5.16. The van der Waals surface area contributed by atoms with Crippen molar-refractivity contribution in [2.75, 3.05) is 39.6 Å². The second kappa shape index (κ2) is 19.7. The van der Waals surface area contributed by atoms with Gasteiger partial charge in [0, 0.05) is 44.3 Å². The highest BCUT2D eigenvalue weighted by molar-refractivity contribution is 7.62. The number of aromatic nitrogens is 4. The van der Waals surface area contributed by atoms with Gasteiger partial charge in [-0.25, -0.2) is 4.98 Å². The van der Waals surface area contributed by atoms with Gasteiger partial charge in [-0.1, -0.05) is 36.4 Å². The summed E-state index contributed by atoms with van der Waals surface area (Å²) >= 11 is 0. The molecule has 0 unspecified atom stereocenters. The Balaban J connectivity index is 1.41. The Morgan fingerprint density at radius 3 is 0.938 bits per heavy atom. The number of benzene rings is 3. The molecule has 8 rings (SSSR count). The van der Waals surface area contributed by atoms with Crippen LogP contribution in [0.25, 0.3) is 78.6 Å². The van der Waals surface area contributed by atoms with E-state index in [1.165, 1.54) is 0 Å². The normalized spacial score (nSPS) is 12.7. The highest BCUT2D eigenvalue weighted by atomic mass is 31.2. The molecule has 0 saturated carbocycles. The van der Waals surface area contributed by atoms with Crippen molar-refractivity contribution in [3.05, 3.63) is 121 Å². The summed E-state index contributed by atoms with van der Waals surface area (Å²) in [6.45, 7) is 12.2. The van der Waals surface area contributed by atoms with E-state index in [0.717, 1.165) is 72.2 Å². The van der Waals surface area contributed by atoms with E-state index >= 15 is 0 Å². The van der Waals surface area contributed by atoms with Gasteiger partial charge in [-0.3, -0.25) is 13.7 Å². The van der Waals surface area contributed by atoms with E-state index in [9.17, 15) is 13.7 Å². The Kier molecular flexibility index (Phi) is 14.1. The number of nitrogens with one attached hydrogen (secondary N) is 3. The van der Waals surface area contributed by atoms with Gasteiger partial charge < -0.3 is 42.1 Å². The molecular weight excluding hydrogens is 881 g/mol. The quantitative estimate of drug-likeness (QED) is 0.0705. The van der Waals surface area contributed by atoms with Crippen molar-refractivity contribution >= 4 is 84.0 Å². The molecule has 0 amide bonds. The predicted molar refractivity (Wildman–Crippen MR) is 263 cm³/mol. The molecule has 0 atom stereocenters. The average Bonchev–Trinajstić information content (AvgIpc) is 4.15. The highest BCUT2D eigenvalue weighted by Crippen LogP contribution is 2.49. The number of H-pyrrole nitrogens is 3. The zero-order valence-corrected chi connectivity index (χ0v) is 39.9. The first-order valence-electron chi connectivity index (χ1n) is 21.8. The second-order valence-corrected chi connectivity index (χ2v) is 20.9. The van der Waals surface area contributed by atoms with E-state index in [0.29, 0.717) is 21.6 Å². The van der Waals surface area contributed by atoms with E-state index in [1.54, 1.807) is 77.9 Å². The van der Waals surface area contributed by atoms with Crippen molar-refractivity contribution in [3.63, 3.8) is 0 Å². The van der Waals surface area contributed by atoms with Crippen LogP contribution in [0.4, 0.5) is 0 Å². The summed E-state index contributed by atoms with van der Waals surface area (Å²) in [6, 6.07) is 34.4. The van der Waals surface area contributed by atoms with Crippen LogP contribution in [-0.4, -0.2) is 59.6 Å². The lowest BCUT2D eigenvalue weighted by Crippen LogP contribution is -2.10. The van der Waals surface area contributed by atoms with E-state index in [2.05, 4.69) is 15.0 Å². The third-order valence-corrected chi connectivity index (χ3v) is 17.2. The fourth-order valence-corrected chi connectivity index (χ4v) is 12.8. The monoisotopic (exact) mass is 934 g/mol. The molecule has 0 radical (unpaired) electrons. The average molecular weight is 935 g/mol. The van der Waals surface area contributed by atoms with Crippen LogP contribution < -0.4 is 15.9 Å². The molecule has 3 N–H and O–H groups in total. The fraction of sp³-hybridized carbons (Fsp3) is 0.245. The van der Waals surface area contributed by atoms with Crippen LogP contribution >= 0.6 is 22.8 Å². The van der Waals surface area contributed by atoms with Crippen LogP contribution in [0.5, 0.6) is 0 Å². The Morgan fingerprint density at radius 1 is 0.354 bits per heavy atom. The lowest BCUT2D eigenvalue weighted by Gasteiger charge is -2.17. The number of hydrogen-bond acceptors (Lipinski definition) is 10. The van der Waals surface area contributed by atoms with Gasteiger partial charge >= 0.3 is 22.8 Å². The van der Waals surface area contributed by atoms with Gasteiger partial charge in [-0.05, 0) is 143 Å². The van der Waals surface area contributed by atoms with Crippen LogP contribution in [0.15, 0.2) is 109 Å². The molecule has 0 saturated heterocycles. The van der Waals surface area contributed by atoms with E-state index in [-0.39, 0.29) is 39.6 Å². The van der Waals surface area contributed by atoms with Crippen molar-refractivity contribution < 1.29 is 40.8 Å². The van der Waals surface area contributed by atoms with Gasteiger partial charge in [0.15, 0.2) is 0 Å². The minimum absolute atomic E-state index is 0.231. The Bertz CT molecular complexity index is 3090. The third kappa shape index (κ3) is 9.32. The molecule has 16 heteroatoms. The Morgan fingerprint density at radius 2 is 0.615 bits per heavy atom. The molecule has 0 aliphatic carbocycles. The van der Waals surface area contributed by atoms with Crippen LogP contribution in [0.2, 0.25) is 0 Å². The first-order valence-corrected chi connectivity index (χ1v) is 26.5. The molecule has 65 heavy (non-hydrogen) atoms. The van der Waals surface area contributed by atoms with Crippen molar-refractivity contribution in [1.29, 1.82) is 0 Å². The molecular formula is C49H53N4O9P3. The molecule has 8 bridgehead atoms. The number of fused-ring (bicyclic) bond motifs is 9. The van der Waals surface area contributed by atoms with Crippen LogP contribution in [0.3, 0.4) is 0 Å². The summed E-state index contributed by atoms with van der Waals surface area (Å²) in [5.41, 5.74) is 11.3. The zero-order chi connectivity index (χ0) is 45.8. The van der Waals surface area contributed by atoms with Gasteiger partial charge in [-0.2, -0.15) is 0 Å². The minimum atomic E-state index is -3.56. The van der Waals surface area contributed by atoms with Gasteiger partial charge in [0.2, 0.25) is 0 Å². The summed E-state index contributed by atoms with van der Waals surface area (Å²) in [5.74, 6) is 0. The molecule has 338 valence electrons. The number of rotatable bonds is 18. The molecule has 13 nitrogen and oxygen atoms in total. The maximum Gasteiger partial charge on any atom is 0.361 e. The molecule has 1 aliphatic heterocycles. The largest absolute Gasteiger partial charge is 0.361 e. The maximum atomic E-state index is 13.8. The zero-order valence-electron chi connectivity index (χ0n) is 37.3. The molecule has 4 aromatic heterocycles. The maximum absolute atomic E-state index is 13.8. The van der Waals surface area contributed by atoms with Crippen LogP contribution in [0.1, 0.15) is 52.9 Å². The van der Waals surface area contributed by atoms with Crippen molar-refractivity contribution in [3.8, 4) is 33.4 Å². The fourth-order valence-electron chi connectivity index (χ4n) is 8.08. The molecule has 5 heterocycles.